The van der Waals surface area contributed by atoms with E-state index in [0.29, 0.717) is 0 Å². The summed E-state index contributed by atoms with van der Waals surface area (Å²) in [7, 11) is 0. The van der Waals surface area contributed by atoms with E-state index < -0.39 is 0 Å². The first-order chi connectivity index (χ1) is 5.24. The summed E-state index contributed by atoms with van der Waals surface area (Å²) in [6.45, 7) is 6.06. The van der Waals surface area contributed by atoms with E-state index in [1.807, 2.05) is 13.8 Å². The first kappa shape index (κ1) is 8.65. The molecular weight excluding hydrogens is 158 g/mol. The van der Waals surface area contributed by atoms with Crippen molar-refractivity contribution in [1.29, 1.82) is 0 Å². The topological polar surface area (TPSA) is 26.0 Å². The minimum Gasteiger partial charge on any atom is -0.437 e. The maximum atomic E-state index is 5.37. The van der Waals surface area contributed by atoms with Gasteiger partial charge in [-0.25, -0.2) is 4.98 Å². The molecule has 1 aromatic rings. The Morgan fingerprint density at radius 1 is 1.45 bits per heavy atom. The molecule has 0 fully saturated rings. The van der Waals surface area contributed by atoms with Crippen LogP contribution in [0, 0.1) is 13.8 Å². The normalized spacial score (nSPS) is 10.5. The third kappa shape index (κ3) is 2.26. The fraction of sp³-hybridized carbons (Fsp3) is 0.625. The first-order valence-corrected chi connectivity index (χ1v) is 4.79. The highest BCUT2D eigenvalue weighted by atomic mass is 32.2. The Morgan fingerprint density at radius 2 is 2.18 bits per heavy atom. The molecule has 0 atom stereocenters. The van der Waals surface area contributed by atoms with Crippen LogP contribution in [0.3, 0.4) is 0 Å². The summed E-state index contributed by atoms with van der Waals surface area (Å²) in [6.07, 6.45) is 1.16. The quantitative estimate of drug-likeness (QED) is 0.654. The van der Waals surface area contributed by atoms with Crippen molar-refractivity contribution in [3.05, 3.63) is 11.5 Å². The molecule has 0 aromatic carbocycles. The summed E-state index contributed by atoms with van der Waals surface area (Å²) >= 11 is 1.68. The zero-order chi connectivity index (χ0) is 8.27. The Balaban J connectivity index is 2.58. The Labute approximate surface area is 71.4 Å². The Hall–Kier alpha value is -0.440. The van der Waals surface area contributed by atoms with Crippen molar-refractivity contribution in [2.45, 2.75) is 32.4 Å². The van der Waals surface area contributed by atoms with Crippen LogP contribution in [0.5, 0.6) is 0 Å². The van der Waals surface area contributed by atoms with E-state index in [-0.39, 0.29) is 0 Å². The number of thioether (sulfide) groups is 1. The summed E-state index contributed by atoms with van der Waals surface area (Å²) in [5.41, 5.74) is 1.00. The molecule has 0 aliphatic rings. The standard InChI is InChI=1S/C8H13NOS/c1-4-5-11-8-9-6(2)7(3)10-8/h4-5H2,1-3H3. The van der Waals surface area contributed by atoms with Gasteiger partial charge in [-0.3, -0.25) is 0 Å². The van der Waals surface area contributed by atoms with Gasteiger partial charge in [0.05, 0.1) is 5.69 Å². The van der Waals surface area contributed by atoms with Crippen LogP contribution in [-0.4, -0.2) is 10.7 Å². The van der Waals surface area contributed by atoms with Gasteiger partial charge in [-0.2, -0.15) is 0 Å². The molecule has 0 bridgehead atoms. The smallest absolute Gasteiger partial charge is 0.256 e. The lowest BCUT2D eigenvalue weighted by atomic mass is 10.4. The van der Waals surface area contributed by atoms with Crippen LogP contribution in [0.25, 0.3) is 0 Å². The van der Waals surface area contributed by atoms with Crippen LogP contribution in [0.2, 0.25) is 0 Å². The van der Waals surface area contributed by atoms with Crippen molar-refractivity contribution in [3.8, 4) is 0 Å². The molecule has 0 radical (unpaired) electrons. The van der Waals surface area contributed by atoms with Gasteiger partial charge in [-0.05, 0) is 20.3 Å². The second-order valence-corrected chi connectivity index (χ2v) is 3.52. The average molecular weight is 171 g/mol. The van der Waals surface area contributed by atoms with E-state index in [1.165, 1.54) is 0 Å². The van der Waals surface area contributed by atoms with Crippen molar-refractivity contribution in [3.63, 3.8) is 0 Å². The number of rotatable bonds is 3. The Morgan fingerprint density at radius 3 is 2.64 bits per heavy atom. The summed E-state index contributed by atoms with van der Waals surface area (Å²) in [5, 5.41) is 0.807. The lowest BCUT2D eigenvalue weighted by Gasteiger charge is -1.89. The van der Waals surface area contributed by atoms with Gasteiger partial charge in [0.2, 0.25) is 0 Å². The number of aromatic nitrogens is 1. The van der Waals surface area contributed by atoms with E-state index in [0.717, 1.165) is 28.9 Å². The molecule has 0 unspecified atom stereocenters. The maximum absolute atomic E-state index is 5.37. The van der Waals surface area contributed by atoms with E-state index in [1.54, 1.807) is 11.8 Å². The highest BCUT2D eigenvalue weighted by Gasteiger charge is 2.03. The van der Waals surface area contributed by atoms with Crippen LogP contribution in [0.15, 0.2) is 9.64 Å². The fourth-order valence-corrected chi connectivity index (χ4v) is 1.46. The van der Waals surface area contributed by atoms with Crippen molar-refractivity contribution in [2.24, 2.45) is 0 Å². The number of oxazole rings is 1. The van der Waals surface area contributed by atoms with Crippen molar-refractivity contribution >= 4 is 11.8 Å². The lowest BCUT2D eigenvalue weighted by Crippen LogP contribution is -1.75. The summed E-state index contributed by atoms with van der Waals surface area (Å²) in [4.78, 5) is 4.24. The predicted molar refractivity (Wildman–Crippen MR) is 47.0 cm³/mol. The number of hydrogen-bond acceptors (Lipinski definition) is 3. The van der Waals surface area contributed by atoms with E-state index in [2.05, 4.69) is 11.9 Å². The van der Waals surface area contributed by atoms with Gasteiger partial charge < -0.3 is 4.42 Å². The average Bonchev–Trinajstić information content (AvgIpc) is 2.28. The van der Waals surface area contributed by atoms with Crippen LogP contribution >= 0.6 is 11.8 Å². The molecule has 0 aliphatic heterocycles. The number of aryl methyl sites for hydroxylation is 2. The molecule has 0 saturated carbocycles. The predicted octanol–water partition coefficient (Wildman–Crippen LogP) is 2.79. The number of nitrogens with zero attached hydrogens (tertiary/aromatic N) is 1. The highest BCUT2D eigenvalue weighted by Crippen LogP contribution is 2.20. The largest absolute Gasteiger partial charge is 0.437 e. The molecule has 2 nitrogen and oxygen atoms in total. The molecule has 62 valence electrons. The van der Waals surface area contributed by atoms with Gasteiger partial charge in [-0.15, -0.1) is 0 Å². The van der Waals surface area contributed by atoms with E-state index >= 15 is 0 Å². The fourth-order valence-electron chi connectivity index (χ4n) is 0.694. The zero-order valence-electron chi connectivity index (χ0n) is 7.18. The van der Waals surface area contributed by atoms with E-state index in [4.69, 9.17) is 4.42 Å². The van der Waals surface area contributed by atoms with Crippen molar-refractivity contribution < 1.29 is 4.42 Å². The molecule has 0 amide bonds. The van der Waals surface area contributed by atoms with Crippen LogP contribution in [-0.2, 0) is 0 Å². The van der Waals surface area contributed by atoms with Crippen LogP contribution < -0.4 is 0 Å². The second kappa shape index (κ2) is 3.81. The zero-order valence-corrected chi connectivity index (χ0v) is 7.99. The molecule has 0 spiro atoms. The molecule has 0 saturated heterocycles. The maximum Gasteiger partial charge on any atom is 0.256 e. The molecular formula is C8H13NOS. The van der Waals surface area contributed by atoms with Gasteiger partial charge in [-0.1, -0.05) is 18.7 Å². The van der Waals surface area contributed by atoms with Gasteiger partial charge in [0.15, 0.2) is 0 Å². The molecule has 0 aliphatic carbocycles. The summed E-state index contributed by atoms with van der Waals surface area (Å²) < 4.78 is 5.37. The van der Waals surface area contributed by atoms with Crippen LogP contribution in [0.4, 0.5) is 0 Å². The van der Waals surface area contributed by atoms with Gasteiger partial charge in [0.25, 0.3) is 5.22 Å². The minimum absolute atomic E-state index is 0.807. The highest BCUT2D eigenvalue weighted by molar-refractivity contribution is 7.99. The van der Waals surface area contributed by atoms with E-state index in [9.17, 15) is 0 Å². The van der Waals surface area contributed by atoms with Crippen molar-refractivity contribution in [1.82, 2.24) is 4.98 Å². The summed E-state index contributed by atoms with van der Waals surface area (Å²) in [5.74, 6) is 2.02. The van der Waals surface area contributed by atoms with Gasteiger partial charge >= 0.3 is 0 Å². The third-order valence-corrected chi connectivity index (χ3v) is 2.47. The monoisotopic (exact) mass is 171 g/mol. The first-order valence-electron chi connectivity index (χ1n) is 3.81. The molecule has 1 rings (SSSR count). The molecule has 3 heteroatoms. The molecule has 0 N–H and O–H groups in total. The van der Waals surface area contributed by atoms with Gasteiger partial charge in [0, 0.05) is 5.75 Å². The van der Waals surface area contributed by atoms with Gasteiger partial charge in [0.1, 0.15) is 5.76 Å². The summed E-state index contributed by atoms with van der Waals surface area (Å²) in [6, 6.07) is 0. The van der Waals surface area contributed by atoms with Crippen molar-refractivity contribution in [2.75, 3.05) is 5.75 Å². The Bertz CT molecular complexity index is 212. The number of hydrogen-bond donors (Lipinski definition) is 0. The molecule has 1 aromatic heterocycles. The lowest BCUT2D eigenvalue weighted by molar-refractivity contribution is 0.431. The third-order valence-electron chi connectivity index (χ3n) is 1.44. The van der Waals surface area contributed by atoms with Crippen LogP contribution in [0.1, 0.15) is 24.8 Å². The second-order valence-electron chi connectivity index (χ2n) is 2.47. The Kier molecular flexibility index (Phi) is 3.00. The minimum atomic E-state index is 0.807. The molecule has 1 heterocycles. The SMILES string of the molecule is CCCSc1nc(C)c(C)o1. The molecule has 11 heavy (non-hydrogen) atoms.